The average molecular weight is 493 g/mol. The molecule has 4 atom stereocenters. The summed E-state index contributed by atoms with van der Waals surface area (Å²) in [5.74, 6) is 0.888. The lowest BCUT2D eigenvalue weighted by Crippen LogP contribution is -2.44. The van der Waals surface area contributed by atoms with Crippen molar-refractivity contribution < 1.29 is 14.2 Å². The zero-order valence-electron chi connectivity index (χ0n) is 22.9. The fourth-order valence-corrected chi connectivity index (χ4v) is 6.72. The lowest BCUT2D eigenvalue weighted by atomic mass is 9.80. The first-order chi connectivity index (χ1) is 17.6. The van der Waals surface area contributed by atoms with Crippen molar-refractivity contribution in [3.8, 4) is 0 Å². The highest BCUT2D eigenvalue weighted by atomic mass is 16.5. The van der Waals surface area contributed by atoms with Gasteiger partial charge in [0.2, 0.25) is 0 Å². The van der Waals surface area contributed by atoms with Crippen LogP contribution in [-0.2, 0) is 20.6 Å². The average Bonchev–Trinajstić information content (AvgIpc) is 3.41. The summed E-state index contributed by atoms with van der Waals surface area (Å²) in [5.41, 5.74) is 3.93. The number of hydrogen-bond acceptors (Lipinski definition) is 3. The maximum atomic E-state index is 6.96. The van der Waals surface area contributed by atoms with Gasteiger partial charge in [-0.1, -0.05) is 93.6 Å². The Balaban J connectivity index is 1.39. The van der Waals surface area contributed by atoms with Crippen LogP contribution in [-0.4, -0.2) is 25.4 Å². The van der Waals surface area contributed by atoms with E-state index in [2.05, 4.69) is 68.4 Å². The number of rotatable bonds is 13. The van der Waals surface area contributed by atoms with E-state index < -0.39 is 0 Å². The summed E-state index contributed by atoms with van der Waals surface area (Å²) >= 11 is 0. The molecular formula is C33H48O3. The highest BCUT2D eigenvalue weighted by Crippen LogP contribution is 2.44. The van der Waals surface area contributed by atoms with Gasteiger partial charge < -0.3 is 14.2 Å². The summed E-state index contributed by atoms with van der Waals surface area (Å²) in [7, 11) is 1.85. The summed E-state index contributed by atoms with van der Waals surface area (Å²) in [6.45, 7) is 5.14. The molecule has 4 rings (SSSR count). The van der Waals surface area contributed by atoms with Gasteiger partial charge in [-0.05, 0) is 61.6 Å². The van der Waals surface area contributed by atoms with Crippen LogP contribution in [0.25, 0.3) is 0 Å². The Morgan fingerprint density at radius 2 is 1.72 bits per heavy atom. The monoisotopic (exact) mass is 492 g/mol. The van der Waals surface area contributed by atoms with Crippen molar-refractivity contribution in [1.82, 2.24) is 0 Å². The van der Waals surface area contributed by atoms with E-state index in [0.717, 1.165) is 57.5 Å². The van der Waals surface area contributed by atoms with Crippen LogP contribution < -0.4 is 0 Å². The minimum Gasteiger partial charge on any atom is -0.378 e. The van der Waals surface area contributed by atoms with Crippen LogP contribution >= 0.6 is 0 Å². The molecule has 2 aromatic carbocycles. The van der Waals surface area contributed by atoms with Crippen LogP contribution in [0.15, 0.2) is 54.6 Å². The molecule has 0 spiro atoms. The third-order valence-electron chi connectivity index (χ3n) is 8.48. The molecule has 0 aromatic heterocycles. The van der Waals surface area contributed by atoms with Crippen molar-refractivity contribution in [2.45, 2.75) is 115 Å². The van der Waals surface area contributed by atoms with Gasteiger partial charge in [-0.25, -0.2) is 0 Å². The Bertz CT molecular complexity index is 874. The van der Waals surface area contributed by atoms with E-state index in [1.54, 1.807) is 0 Å². The fraction of sp³-hybridized carbons (Fsp3) is 0.636. The van der Waals surface area contributed by atoms with Crippen LogP contribution in [0.2, 0.25) is 0 Å². The van der Waals surface area contributed by atoms with Gasteiger partial charge in [0.05, 0.1) is 23.9 Å². The lowest BCUT2D eigenvalue weighted by molar-refractivity contribution is -0.182. The van der Waals surface area contributed by atoms with E-state index in [1.807, 2.05) is 7.11 Å². The zero-order chi connectivity index (χ0) is 25.2. The fourth-order valence-electron chi connectivity index (χ4n) is 6.72. The van der Waals surface area contributed by atoms with Gasteiger partial charge in [0.25, 0.3) is 0 Å². The van der Waals surface area contributed by atoms with Crippen LogP contribution in [0.1, 0.15) is 113 Å². The summed E-state index contributed by atoms with van der Waals surface area (Å²) in [6, 6.07) is 20.0. The van der Waals surface area contributed by atoms with Gasteiger partial charge in [-0.3, -0.25) is 0 Å². The third-order valence-corrected chi connectivity index (χ3v) is 8.48. The van der Waals surface area contributed by atoms with Crippen LogP contribution in [0, 0.1) is 5.92 Å². The molecule has 3 heteroatoms. The Kier molecular flexibility index (Phi) is 10.4. The molecule has 0 bridgehead atoms. The van der Waals surface area contributed by atoms with E-state index in [-0.39, 0.29) is 23.9 Å². The molecule has 1 saturated carbocycles. The van der Waals surface area contributed by atoms with E-state index in [4.69, 9.17) is 14.2 Å². The summed E-state index contributed by atoms with van der Waals surface area (Å²) in [5, 5.41) is 0. The van der Waals surface area contributed by atoms with Gasteiger partial charge in [0.15, 0.2) is 0 Å². The van der Waals surface area contributed by atoms with E-state index >= 15 is 0 Å². The number of hydrogen-bond donors (Lipinski definition) is 0. The third kappa shape index (κ3) is 7.43. The van der Waals surface area contributed by atoms with Crippen LogP contribution in [0.5, 0.6) is 0 Å². The predicted molar refractivity (Wildman–Crippen MR) is 148 cm³/mol. The van der Waals surface area contributed by atoms with Crippen molar-refractivity contribution in [2.75, 3.05) is 13.7 Å². The summed E-state index contributed by atoms with van der Waals surface area (Å²) < 4.78 is 19.1. The number of benzene rings is 2. The van der Waals surface area contributed by atoms with Crippen molar-refractivity contribution >= 4 is 0 Å². The second kappa shape index (κ2) is 13.7. The van der Waals surface area contributed by atoms with E-state index in [0.29, 0.717) is 0 Å². The molecule has 1 aliphatic carbocycles. The molecule has 198 valence electrons. The van der Waals surface area contributed by atoms with Gasteiger partial charge in [0.1, 0.15) is 0 Å². The molecule has 0 amide bonds. The molecule has 36 heavy (non-hydrogen) atoms. The van der Waals surface area contributed by atoms with Gasteiger partial charge >= 0.3 is 0 Å². The van der Waals surface area contributed by atoms with Crippen LogP contribution in [0.3, 0.4) is 0 Å². The SMILES string of the molecule is CCCC1(CCCC(OC)c2ccc(CC3CCCC3)cc2)CC(OCC)CC(c2ccccc2)O1. The molecule has 0 radical (unpaired) electrons. The summed E-state index contributed by atoms with van der Waals surface area (Å²) in [6.07, 6.45) is 14.6. The molecule has 2 aliphatic rings. The van der Waals surface area contributed by atoms with Crippen LogP contribution in [0.4, 0.5) is 0 Å². The normalized spacial score (nSPS) is 25.8. The Hall–Kier alpha value is -1.68. The molecule has 4 unspecified atom stereocenters. The second-order valence-corrected chi connectivity index (χ2v) is 11.2. The highest BCUT2D eigenvalue weighted by molar-refractivity contribution is 5.25. The Labute approximate surface area is 219 Å². The largest absolute Gasteiger partial charge is 0.378 e. The molecular weight excluding hydrogens is 444 g/mol. The molecule has 0 N–H and O–H groups in total. The first-order valence-corrected chi connectivity index (χ1v) is 14.6. The smallest absolute Gasteiger partial charge is 0.0857 e. The molecule has 1 saturated heterocycles. The standard InChI is InChI=1S/C33H48O3/c1-4-21-33(25-30(35-5-2)24-32(36-33)28-14-7-6-8-15-28)22-11-16-31(34-3)29-19-17-27(18-20-29)23-26-12-9-10-13-26/h6-8,14-15,17-20,26,30-32H,4-5,9-13,16,21-25H2,1-3H3. The lowest BCUT2D eigenvalue weighted by Gasteiger charge is -2.45. The topological polar surface area (TPSA) is 27.7 Å². The summed E-state index contributed by atoms with van der Waals surface area (Å²) in [4.78, 5) is 0. The minimum absolute atomic E-state index is 0.105. The molecule has 1 heterocycles. The minimum atomic E-state index is -0.128. The van der Waals surface area contributed by atoms with Gasteiger partial charge in [-0.15, -0.1) is 0 Å². The number of ether oxygens (including phenoxy) is 3. The molecule has 2 fully saturated rings. The maximum absolute atomic E-state index is 6.96. The predicted octanol–water partition coefficient (Wildman–Crippen LogP) is 8.77. The van der Waals surface area contributed by atoms with Gasteiger partial charge in [0, 0.05) is 26.6 Å². The first kappa shape index (κ1) is 27.4. The second-order valence-electron chi connectivity index (χ2n) is 11.2. The molecule has 3 nitrogen and oxygen atoms in total. The Morgan fingerprint density at radius 1 is 0.972 bits per heavy atom. The van der Waals surface area contributed by atoms with Crippen molar-refractivity contribution in [2.24, 2.45) is 5.92 Å². The zero-order valence-corrected chi connectivity index (χ0v) is 22.9. The van der Waals surface area contributed by atoms with Crippen molar-refractivity contribution in [1.29, 1.82) is 0 Å². The quantitative estimate of drug-likeness (QED) is 0.280. The van der Waals surface area contributed by atoms with E-state index in [9.17, 15) is 0 Å². The first-order valence-electron chi connectivity index (χ1n) is 14.6. The van der Waals surface area contributed by atoms with E-state index in [1.165, 1.54) is 48.8 Å². The maximum Gasteiger partial charge on any atom is 0.0857 e. The van der Waals surface area contributed by atoms with Crippen molar-refractivity contribution in [3.05, 3.63) is 71.3 Å². The molecule has 2 aromatic rings. The highest BCUT2D eigenvalue weighted by Gasteiger charge is 2.41. The Morgan fingerprint density at radius 3 is 2.39 bits per heavy atom. The number of methoxy groups -OCH3 is 1. The van der Waals surface area contributed by atoms with Gasteiger partial charge in [-0.2, -0.15) is 0 Å². The van der Waals surface area contributed by atoms with Crippen molar-refractivity contribution in [3.63, 3.8) is 0 Å². The molecule has 1 aliphatic heterocycles.